The summed E-state index contributed by atoms with van der Waals surface area (Å²) in [7, 11) is 0. The van der Waals surface area contributed by atoms with Crippen LogP contribution in [0.3, 0.4) is 0 Å². The third-order valence-electron chi connectivity index (χ3n) is 3.62. The van der Waals surface area contributed by atoms with Gasteiger partial charge in [-0.25, -0.2) is 0 Å². The highest BCUT2D eigenvalue weighted by Crippen LogP contribution is 2.23. The Morgan fingerprint density at radius 2 is 1.88 bits per heavy atom. The molecule has 1 fully saturated rings. The van der Waals surface area contributed by atoms with Crippen LogP contribution >= 0.6 is 0 Å². The van der Waals surface area contributed by atoms with E-state index in [1.54, 1.807) is 0 Å². The van der Waals surface area contributed by atoms with E-state index in [1.807, 2.05) is 12.1 Å². The van der Waals surface area contributed by atoms with Crippen molar-refractivity contribution in [2.45, 2.75) is 44.9 Å². The van der Waals surface area contributed by atoms with Crippen molar-refractivity contribution in [3.63, 3.8) is 0 Å². The fraction of sp³-hybridized carbons (Fsp3) is 0.625. The summed E-state index contributed by atoms with van der Waals surface area (Å²) in [5.41, 5.74) is 1.39. The van der Waals surface area contributed by atoms with Gasteiger partial charge in [0, 0.05) is 13.2 Å². The Morgan fingerprint density at radius 3 is 2.65 bits per heavy atom. The van der Waals surface area contributed by atoms with Crippen molar-refractivity contribution in [3.8, 4) is 0 Å². The first-order valence-corrected chi connectivity index (χ1v) is 6.98. The average molecular weight is 231 g/mol. The van der Waals surface area contributed by atoms with Crippen molar-refractivity contribution < 1.29 is 4.74 Å². The second-order valence-electron chi connectivity index (χ2n) is 5.09. The zero-order valence-corrected chi connectivity index (χ0v) is 10.7. The quantitative estimate of drug-likeness (QED) is 0.672. The topological polar surface area (TPSA) is 9.23 Å². The Bertz CT molecular complexity index is 288. The molecule has 0 amide bonds. The van der Waals surface area contributed by atoms with Gasteiger partial charge in [0.2, 0.25) is 0 Å². The Labute approximate surface area is 105 Å². The maximum Gasteiger partial charge on any atom is 0.0494 e. The molecule has 0 aliphatic heterocycles. The third kappa shape index (κ3) is 4.91. The van der Waals surface area contributed by atoms with E-state index in [0.717, 1.165) is 32.0 Å². The van der Waals surface area contributed by atoms with E-state index in [9.17, 15) is 0 Å². The molecule has 0 spiro atoms. The zero-order chi connectivity index (χ0) is 11.8. The second kappa shape index (κ2) is 7.50. The summed E-state index contributed by atoms with van der Waals surface area (Å²) in [6, 6.07) is 11.3. The number of rotatable bonds is 6. The van der Waals surface area contributed by atoms with Crippen molar-refractivity contribution in [1.82, 2.24) is 0 Å². The smallest absolute Gasteiger partial charge is 0.0494 e. The van der Waals surface area contributed by atoms with Crippen molar-refractivity contribution in [2.24, 2.45) is 5.92 Å². The van der Waals surface area contributed by atoms with Crippen LogP contribution in [0, 0.1) is 12.0 Å². The van der Waals surface area contributed by atoms with Crippen molar-refractivity contribution in [3.05, 3.63) is 35.9 Å². The molecule has 1 nitrogen and oxygen atoms in total. The molecule has 1 aliphatic rings. The van der Waals surface area contributed by atoms with Gasteiger partial charge in [0.15, 0.2) is 0 Å². The van der Waals surface area contributed by atoms with E-state index in [1.165, 1.54) is 37.7 Å². The van der Waals surface area contributed by atoms with Crippen LogP contribution < -0.4 is 0 Å². The van der Waals surface area contributed by atoms with Gasteiger partial charge in [-0.3, -0.25) is 0 Å². The Hall–Kier alpha value is -0.820. The van der Waals surface area contributed by atoms with Gasteiger partial charge in [0.05, 0.1) is 0 Å². The van der Waals surface area contributed by atoms with Crippen LogP contribution in [0.15, 0.2) is 24.3 Å². The predicted molar refractivity (Wildman–Crippen MR) is 71.0 cm³/mol. The van der Waals surface area contributed by atoms with Crippen LogP contribution in [0.5, 0.6) is 0 Å². The summed E-state index contributed by atoms with van der Waals surface area (Å²) in [5, 5.41) is 0. The lowest BCUT2D eigenvalue weighted by atomic mass is 9.90. The highest BCUT2D eigenvalue weighted by molar-refractivity contribution is 5.13. The van der Waals surface area contributed by atoms with Crippen LogP contribution in [0.2, 0.25) is 0 Å². The van der Waals surface area contributed by atoms with E-state index in [0.29, 0.717) is 0 Å². The summed E-state index contributed by atoms with van der Waals surface area (Å²) in [6.07, 6.45) is 9.28. The zero-order valence-electron chi connectivity index (χ0n) is 10.7. The van der Waals surface area contributed by atoms with Gasteiger partial charge in [-0.1, -0.05) is 43.5 Å². The standard InChI is InChI=1S/C16H23O/c1-3-8-15(9-4-1)12-7-13-17-14-16-10-5-2-6-11-16/h3-4,8-9,16H,2,5-7,10-14H2. The Kier molecular flexibility index (Phi) is 5.57. The molecule has 0 atom stereocenters. The molecule has 1 aromatic carbocycles. The third-order valence-corrected chi connectivity index (χ3v) is 3.62. The monoisotopic (exact) mass is 231 g/mol. The molecule has 0 N–H and O–H groups in total. The number of ether oxygens (including phenoxy) is 1. The lowest BCUT2D eigenvalue weighted by molar-refractivity contribution is 0.0838. The summed E-state index contributed by atoms with van der Waals surface area (Å²) in [6.45, 7) is 1.90. The van der Waals surface area contributed by atoms with Gasteiger partial charge < -0.3 is 4.74 Å². The summed E-state index contributed by atoms with van der Waals surface area (Å²) >= 11 is 0. The maximum absolute atomic E-state index is 5.79. The van der Waals surface area contributed by atoms with E-state index in [-0.39, 0.29) is 0 Å². The van der Waals surface area contributed by atoms with Gasteiger partial charge in [0.1, 0.15) is 0 Å². The Morgan fingerprint density at radius 1 is 1.12 bits per heavy atom. The molecule has 1 aromatic rings. The van der Waals surface area contributed by atoms with Crippen LogP contribution in [-0.4, -0.2) is 13.2 Å². The number of benzene rings is 1. The van der Waals surface area contributed by atoms with Crippen molar-refractivity contribution >= 4 is 0 Å². The minimum Gasteiger partial charge on any atom is -0.381 e. The molecule has 0 saturated heterocycles. The van der Waals surface area contributed by atoms with Gasteiger partial charge in [-0.15, -0.1) is 0 Å². The fourth-order valence-electron chi connectivity index (χ4n) is 2.57. The van der Waals surface area contributed by atoms with Crippen LogP contribution in [-0.2, 0) is 11.2 Å². The fourth-order valence-corrected chi connectivity index (χ4v) is 2.57. The first-order valence-electron chi connectivity index (χ1n) is 6.98. The second-order valence-corrected chi connectivity index (χ2v) is 5.09. The largest absolute Gasteiger partial charge is 0.381 e. The molecular weight excluding hydrogens is 208 g/mol. The first-order chi connectivity index (χ1) is 8.45. The van der Waals surface area contributed by atoms with E-state index < -0.39 is 0 Å². The SMILES string of the molecule is [c]1ccc(CCCOCC2CCCCC2)cc1. The summed E-state index contributed by atoms with van der Waals surface area (Å²) in [5.74, 6) is 0.843. The molecule has 1 saturated carbocycles. The molecule has 0 unspecified atom stereocenters. The van der Waals surface area contributed by atoms with Gasteiger partial charge in [0.25, 0.3) is 0 Å². The molecule has 0 bridgehead atoms. The lowest BCUT2D eigenvalue weighted by Crippen LogP contribution is -2.13. The molecule has 1 heteroatoms. The summed E-state index contributed by atoms with van der Waals surface area (Å²) in [4.78, 5) is 0. The number of hydrogen-bond donors (Lipinski definition) is 0. The molecule has 2 rings (SSSR count). The molecule has 1 radical (unpaired) electrons. The van der Waals surface area contributed by atoms with Crippen molar-refractivity contribution in [2.75, 3.05) is 13.2 Å². The average Bonchev–Trinajstić information content (AvgIpc) is 2.41. The van der Waals surface area contributed by atoms with Crippen LogP contribution in [0.1, 0.15) is 44.1 Å². The van der Waals surface area contributed by atoms with E-state index in [2.05, 4.69) is 18.2 Å². The van der Waals surface area contributed by atoms with Crippen LogP contribution in [0.4, 0.5) is 0 Å². The predicted octanol–water partition coefficient (Wildman–Crippen LogP) is 4.02. The molecule has 17 heavy (non-hydrogen) atoms. The normalized spacial score (nSPS) is 17.2. The van der Waals surface area contributed by atoms with Gasteiger partial charge in [-0.05, 0) is 43.2 Å². The Balaban J connectivity index is 1.51. The molecule has 0 aromatic heterocycles. The first kappa shape index (κ1) is 12.6. The van der Waals surface area contributed by atoms with Gasteiger partial charge in [-0.2, -0.15) is 0 Å². The van der Waals surface area contributed by atoms with E-state index in [4.69, 9.17) is 4.74 Å². The highest BCUT2D eigenvalue weighted by atomic mass is 16.5. The van der Waals surface area contributed by atoms with E-state index >= 15 is 0 Å². The maximum atomic E-state index is 5.79. The minimum atomic E-state index is 0.843. The summed E-state index contributed by atoms with van der Waals surface area (Å²) < 4.78 is 5.79. The van der Waals surface area contributed by atoms with Crippen molar-refractivity contribution in [1.29, 1.82) is 0 Å². The number of aryl methyl sites for hydroxylation is 1. The minimum absolute atomic E-state index is 0.843. The van der Waals surface area contributed by atoms with Crippen LogP contribution in [0.25, 0.3) is 0 Å². The highest BCUT2D eigenvalue weighted by Gasteiger charge is 2.12. The molecule has 1 aliphatic carbocycles. The molecule has 93 valence electrons. The van der Waals surface area contributed by atoms with Gasteiger partial charge >= 0.3 is 0 Å². The lowest BCUT2D eigenvalue weighted by Gasteiger charge is -2.21. The number of hydrogen-bond acceptors (Lipinski definition) is 1. The molecule has 0 heterocycles. The molecular formula is C16H23O.